The Balaban J connectivity index is 1.83. The van der Waals surface area contributed by atoms with E-state index in [0.29, 0.717) is 15.7 Å². The van der Waals surface area contributed by atoms with Gasteiger partial charge in [-0.1, -0.05) is 18.9 Å². The van der Waals surface area contributed by atoms with Crippen molar-refractivity contribution in [1.82, 2.24) is 25.1 Å². The van der Waals surface area contributed by atoms with Crippen LogP contribution in [0.15, 0.2) is 10.5 Å². The number of anilines is 2. The number of hydrogen-bond donors (Lipinski definition) is 2. The van der Waals surface area contributed by atoms with E-state index in [1.54, 1.807) is 14.0 Å². The molecule has 9 nitrogen and oxygen atoms in total. The Morgan fingerprint density at radius 1 is 1.44 bits per heavy atom. The van der Waals surface area contributed by atoms with E-state index >= 15 is 0 Å². The predicted molar refractivity (Wildman–Crippen MR) is 101 cm³/mol. The Morgan fingerprint density at radius 3 is 2.74 bits per heavy atom. The molecule has 146 valence electrons. The van der Waals surface area contributed by atoms with E-state index in [2.05, 4.69) is 60.8 Å². The summed E-state index contributed by atoms with van der Waals surface area (Å²) in [6, 6.07) is 1.26. The SMILES string of the molecule is CCN(CC)[C@@H]1OC1Nc1c(Br)cc(F)c(C(=O)Nc2nnnn2C)c1C. The van der Waals surface area contributed by atoms with Crippen LogP contribution in [0.25, 0.3) is 0 Å². The molecule has 2 atom stereocenters. The van der Waals surface area contributed by atoms with Gasteiger partial charge in [-0.05, 0) is 58.0 Å². The highest BCUT2D eigenvalue weighted by Gasteiger charge is 2.43. The molecule has 0 spiro atoms. The number of aromatic nitrogens is 4. The van der Waals surface area contributed by atoms with E-state index in [4.69, 9.17) is 4.74 Å². The average molecular weight is 442 g/mol. The van der Waals surface area contributed by atoms with Crippen LogP contribution in [0.4, 0.5) is 16.0 Å². The summed E-state index contributed by atoms with van der Waals surface area (Å²) in [5.41, 5.74) is 0.990. The molecule has 0 aliphatic carbocycles. The number of amides is 1. The van der Waals surface area contributed by atoms with Crippen molar-refractivity contribution >= 4 is 33.5 Å². The number of epoxide rings is 1. The second-order valence-electron chi connectivity index (χ2n) is 6.11. The summed E-state index contributed by atoms with van der Waals surface area (Å²) in [5.74, 6) is -1.15. The van der Waals surface area contributed by atoms with Gasteiger partial charge >= 0.3 is 0 Å². The third-order valence-electron chi connectivity index (χ3n) is 4.48. The Morgan fingerprint density at radius 2 is 2.15 bits per heavy atom. The number of ether oxygens (including phenoxy) is 1. The quantitative estimate of drug-likeness (QED) is 0.634. The predicted octanol–water partition coefficient (Wildman–Crippen LogP) is 2.11. The fourth-order valence-corrected chi connectivity index (χ4v) is 3.52. The minimum atomic E-state index is -0.644. The molecule has 2 aromatic rings. The molecular formula is C16H21BrFN7O2. The molecular weight excluding hydrogens is 421 g/mol. The number of benzene rings is 1. The molecule has 3 rings (SSSR count). The van der Waals surface area contributed by atoms with Gasteiger partial charge in [-0.3, -0.25) is 15.0 Å². The molecule has 1 unspecified atom stereocenters. The molecule has 2 N–H and O–H groups in total. The van der Waals surface area contributed by atoms with Gasteiger partial charge in [0, 0.05) is 11.5 Å². The highest BCUT2D eigenvalue weighted by molar-refractivity contribution is 9.10. The fourth-order valence-electron chi connectivity index (χ4n) is 2.91. The molecule has 1 aliphatic rings. The van der Waals surface area contributed by atoms with Crippen molar-refractivity contribution in [2.45, 2.75) is 33.2 Å². The molecule has 2 heterocycles. The third kappa shape index (κ3) is 3.94. The van der Waals surface area contributed by atoms with Crippen molar-refractivity contribution in [3.8, 4) is 0 Å². The first-order valence-electron chi connectivity index (χ1n) is 8.55. The maximum Gasteiger partial charge on any atom is 0.261 e. The van der Waals surface area contributed by atoms with Crippen molar-refractivity contribution in [3.63, 3.8) is 0 Å². The summed E-state index contributed by atoms with van der Waals surface area (Å²) in [5, 5.41) is 16.5. The first kappa shape index (κ1) is 19.6. The van der Waals surface area contributed by atoms with Gasteiger partial charge in [0.2, 0.25) is 5.95 Å². The number of rotatable bonds is 7. The third-order valence-corrected chi connectivity index (χ3v) is 5.11. The van der Waals surface area contributed by atoms with Gasteiger partial charge in [0.25, 0.3) is 5.91 Å². The van der Waals surface area contributed by atoms with E-state index in [0.717, 1.165) is 13.1 Å². The van der Waals surface area contributed by atoms with Crippen LogP contribution in [0.5, 0.6) is 0 Å². The van der Waals surface area contributed by atoms with Crippen molar-refractivity contribution < 1.29 is 13.9 Å². The lowest BCUT2D eigenvalue weighted by atomic mass is 10.0. The smallest absolute Gasteiger partial charge is 0.261 e. The molecule has 1 aliphatic heterocycles. The van der Waals surface area contributed by atoms with Crippen molar-refractivity contribution in [2.24, 2.45) is 7.05 Å². The van der Waals surface area contributed by atoms with Crippen molar-refractivity contribution in [3.05, 3.63) is 27.5 Å². The Kier molecular flexibility index (Phi) is 5.72. The number of halogens is 2. The summed E-state index contributed by atoms with van der Waals surface area (Å²) in [4.78, 5) is 14.8. The van der Waals surface area contributed by atoms with Crippen molar-refractivity contribution in [1.29, 1.82) is 0 Å². The number of hydrogen-bond acceptors (Lipinski definition) is 7. The highest BCUT2D eigenvalue weighted by atomic mass is 79.9. The summed E-state index contributed by atoms with van der Waals surface area (Å²) >= 11 is 3.36. The summed E-state index contributed by atoms with van der Waals surface area (Å²) in [7, 11) is 1.57. The van der Waals surface area contributed by atoms with E-state index in [-0.39, 0.29) is 24.0 Å². The van der Waals surface area contributed by atoms with Crippen LogP contribution < -0.4 is 10.6 Å². The summed E-state index contributed by atoms with van der Waals surface area (Å²) < 4.78 is 22.0. The number of carbonyl (C=O) groups excluding carboxylic acids is 1. The van der Waals surface area contributed by atoms with E-state index < -0.39 is 11.7 Å². The average Bonchev–Trinajstić information content (AvgIpc) is 3.26. The topological polar surface area (TPSA) is 100 Å². The molecule has 27 heavy (non-hydrogen) atoms. The Bertz CT molecular complexity index is 856. The maximum absolute atomic E-state index is 14.5. The van der Waals surface area contributed by atoms with Gasteiger partial charge in [0.05, 0.1) is 11.3 Å². The molecule has 1 saturated heterocycles. The summed E-state index contributed by atoms with van der Waals surface area (Å²) in [6.45, 7) is 7.52. The van der Waals surface area contributed by atoms with Crippen LogP contribution in [0.2, 0.25) is 0 Å². The highest BCUT2D eigenvalue weighted by Crippen LogP contribution is 2.35. The van der Waals surface area contributed by atoms with E-state index in [1.807, 2.05) is 0 Å². The molecule has 1 amide bonds. The van der Waals surface area contributed by atoms with Crippen LogP contribution >= 0.6 is 15.9 Å². The zero-order valence-corrected chi connectivity index (χ0v) is 17.0. The van der Waals surface area contributed by atoms with E-state index in [9.17, 15) is 9.18 Å². The molecule has 1 fully saturated rings. The van der Waals surface area contributed by atoms with Crippen LogP contribution in [-0.4, -0.2) is 56.6 Å². The monoisotopic (exact) mass is 441 g/mol. The number of nitrogens with one attached hydrogen (secondary N) is 2. The lowest BCUT2D eigenvalue weighted by molar-refractivity contribution is 0.102. The summed E-state index contributed by atoms with van der Waals surface area (Å²) in [6.07, 6.45) is -0.262. The van der Waals surface area contributed by atoms with Crippen LogP contribution in [0.1, 0.15) is 29.8 Å². The molecule has 11 heteroatoms. The largest absolute Gasteiger partial charge is 0.356 e. The number of aryl methyl sites for hydroxylation is 1. The lowest BCUT2D eigenvalue weighted by Gasteiger charge is -2.17. The van der Waals surface area contributed by atoms with Crippen molar-refractivity contribution in [2.75, 3.05) is 23.7 Å². The van der Waals surface area contributed by atoms with Crippen LogP contribution in [0.3, 0.4) is 0 Å². The Labute approximate surface area is 164 Å². The Hall–Kier alpha value is -2.11. The number of nitrogens with zero attached hydrogens (tertiary/aromatic N) is 5. The van der Waals surface area contributed by atoms with Gasteiger partial charge in [0.15, 0.2) is 12.5 Å². The minimum Gasteiger partial charge on any atom is -0.356 e. The van der Waals surface area contributed by atoms with Gasteiger partial charge in [-0.2, -0.15) is 0 Å². The van der Waals surface area contributed by atoms with Gasteiger partial charge < -0.3 is 10.1 Å². The maximum atomic E-state index is 14.5. The lowest BCUT2D eigenvalue weighted by Crippen LogP contribution is -2.29. The number of tetrazole rings is 1. The molecule has 0 bridgehead atoms. The fraction of sp³-hybridized carbons (Fsp3) is 0.500. The van der Waals surface area contributed by atoms with Gasteiger partial charge in [-0.25, -0.2) is 9.07 Å². The molecule has 0 radical (unpaired) electrons. The molecule has 0 saturated carbocycles. The van der Waals surface area contributed by atoms with Gasteiger partial charge in [0.1, 0.15) is 5.82 Å². The van der Waals surface area contributed by atoms with Crippen LogP contribution in [0, 0.1) is 12.7 Å². The first-order chi connectivity index (χ1) is 12.9. The minimum absolute atomic E-state index is 0.0432. The first-order valence-corrected chi connectivity index (χ1v) is 9.35. The van der Waals surface area contributed by atoms with Crippen LogP contribution in [-0.2, 0) is 11.8 Å². The second-order valence-corrected chi connectivity index (χ2v) is 6.96. The number of carbonyl (C=O) groups is 1. The molecule has 1 aromatic heterocycles. The normalized spacial score (nSPS) is 18.6. The standard InChI is InChI=1S/C16H21BrFN7O2/c1-5-25(6-2)15-14(27-15)19-12-8(3)11(10(18)7-9(12)17)13(26)20-16-21-22-23-24(16)4/h7,14-15,19H,5-6H2,1-4H3,(H,20,21,23,26)/t14?,15-/m1/s1. The van der Waals surface area contributed by atoms with E-state index in [1.165, 1.54) is 10.7 Å². The zero-order chi connectivity index (χ0) is 19.7. The number of likely N-dealkylation sites (N-methyl/N-ethyl adjacent to an activating group) is 1. The van der Waals surface area contributed by atoms with Gasteiger partial charge in [-0.15, -0.1) is 0 Å². The second kappa shape index (κ2) is 7.87. The molecule has 1 aromatic carbocycles. The zero-order valence-electron chi connectivity index (χ0n) is 15.5.